The van der Waals surface area contributed by atoms with E-state index < -0.39 is 0 Å². The van der Waals surface area contributed by atoms with E-state index in [9.17, 15) is 0 Å². The maximum Gasteiger partial charge on any atom is 0.104 e. The van der Waals surface area contributed by atoms with Crippen molar-refractivity contribution in [1.82, 2.24) is 0 Å². The lowest BCUT2D eigenvalue weighted by Gasteiger charge is -2.24. The van der Waals surface area contributed by atoms with E-state index in [0.29, 0.717) is 19.8 Å². The number of aliphatic hydroxyl groups excluding tert-OH is 2. The van der Waals surface area contributed by atoms with Gasteiger partial charge >= 0.3 is 0 Å². The zero-order chi connectivity index (χ0) is 14.5. The van der Waals surface area contributed by atoms with Gasteiger partial charge in [0, 0.05) is 11.9 Å². The SMILES string of the molecule is OCCOCC(COCCCSC1CCC1)OCCO. The third kappa shape index (κ3) is 9.15. The number of aliphatic hydroxyl groups is 2. The predicted octanol–water partition coefficient (Wildman–Crippen LogP) is 1.07. The van der Waals surface area contributed by atoms with E-state index in [2.05, 4.69) is 11.8 Å². The Kier molecular flexibility index (Phi) is 11.7. The van der Waals surface area contributed by atoms with Crippen molar-refractivity contribution in [3.63, 3.8) is 0 Å². The normalized spacial score (nSPS) is 17.1. The van der Waals surface area contributed by atoms with Gasteiger partial charge in [-0.25, -0.2) is 0 Å². The number of hydrogen-bond acceptors (Lipinski definition) is 6. The second-order valence-electron chi connectivity index (χ2n) is 4.87. The molecule has 120 valence electrons. The molecule has 1 saturated carbocycles. The average Bonchev–Trinajstić information content (AvgIpc) is 2.41. The Morgan fingerprint density at radius 1 is 1.00 bits per heavy atom. The van der Waals surface area contributed by atoms with E-state index in [4.69, 9.17) is 24.4 Å². The van der Waals surface area contributed by atoms with Gasteiger partial charge in [-0.3, -0.25) is 0 Å². The van der Waals surface area contributed by atoms with Crippen molar-refractivity contribution in [2.75, 3.05) is 52.0 Å². The van der Waals surface area contributed by atoms with Gasteiger partial charge in [-0.1, -0.05) is 6.42 Å². The van der Waals surface area contributed by atoms with Crippen molar-refractivity contribution in [2.24, 2.45) is 0 Å². The van der Waals surface area contributed by atoms with Crippen LogP contribution in [0.25, 0.3) is 0 Å². The maximum absolute atomic E-state index is 8.76. The summed E-state index contributed by atoms with van der Waals surface area (Å²) in [6.07, 6.45) is 5.04. The zero-order valence-corrected chi connectivity index (χ0v) is 13.0. The van der Waals surface area contributed by atoms with Crippen LogP contribution in [-0.2, 0) is 14.2 Å². The van der Waals surface area contributed by atoms with Gasteiger partial charge < -0.3 is 24.4 Å². The standard InChI is InChI=1S/C14H28O5S/c15-5-8-18-12-13(19-9-6-16)11-17-7-2-10-20-14-3-1-4-14/h13-16H,1-12H2. The highest BCUT2D eigenvalue weighted by atomic mass is 32.2. The van der Waals surface area contributed by atoms with Gasteiger partial charge in [-0.2, -0.15) is 11.8 Å². The average molecular weight is 308 g/mol. The number of hydrogen-bond donors (Lipinski definition) is 2. The topological polar surface area (TPSA) is 68.2 Å². The fourth-order valence-electron chi connectivity index (χ4n) is 1.81. The summed E-state index contributed by atoms with van der Waals surface area (Å²) in [7, 11) is 0. The first kappa shape index (κ1) is 18.2. The van der Waals surface area contributed by atoms with Crippen molar-refractivity contribution in [3.05, 3.63) is 0 Å². The molecule has 0 aromatic rings. The third-order valence-corrected chi connectivity index (χ3v) is 4.59. The van der Waals surface area contributed by atoms with Gasteiger partial charge in [0.15, 0.2) is 0 Å². The Hall–Kier alpha value is 0.150. The minimum atomic E-state index is -0.173. The van der Waals surface area contributed by atoms with Crippen LogP contribution in [0.2, 0.25) is 0 Å². The minimum Gasteiger partial charge on any atom is -0.394 e. The summed E-state index contributed by atoms with van der Waals surface area (Å²) in [6.45, 7) is 2.18. The van der Waals surface area contributed by atoms with E-state index in [-0.39, 0.29) is 25.9 Å². The lowest BCUT2D eigenvalue weighted by molar-refractivity contribution is -0.0701. The predicted molar refractivity (Wildman–Crippen MR) is 80.3 cm³/mol. The highest BCUT2D eigenvalue weighted by Crippen LogP contribution is 2.31. The van der Waals surface area contributed by atoms with Crippen LogP contribution in [0.4, 0.5) is 0 Å². The Morgan fingerprint density at radius 2 is 1.70 bits per heavy atom. The fourth-order valence-corrected chi connectivity index (χ4v) is 3.09. The summed E-state index contributed by atoms with van der Waals surface area (Å²) in [5.74, 6) is 1.16. The van der Waals surface area contributed by atoms with Crippen LogP contribution in [0, 0.1) is 0 Å². The first-order valence-corrected chi connectivity index (χ1v) is 8.52. The van der Waals surface area contributed by atoms with Crippen LogP contribution in [0.1, 0.15) is 25.7 Å². The highest BCUT2D eigenvalue weighted by Gasteiger charge is 2.16. The molecule has 0 bridgehead atoms. The summed E-state index contributed by atoms with van der Waals surface area (Å²) in [5.41, 5.74) is 0. The van der Waals surface area contributed by atoms with Crippen LogP contribution >= 0.6 is 11.8 Å². The van der Waals surface area contributed by atoms with E-state index in [0.717, 1.165) is 24.0 Å². The van der Waals surface area contributed by atoms with Gasteiger partial charge in [0.2, 0.25) is 0 Å². The molecule has 5 nitrogen and oxygen atoms in total. The summed E-state index contributed by atoms with van der Waals surface area (Å²) in [6, 6.07) is 0. The molecule has 1 rings (SSSR count). The van der Waals surface area contributed by atoms with E-state index >= 15 is 0 Å². The van der Waals surface area contributed by atoms with Crippen LogP contribution in [0.3, 0.4) is 0 Å². The molecule has 0 aromatic heterocycles. The molecule has 1 fully saturated rings. The number of thioether (sulfide) groups is 1. The van der Waals surface area contributed by atoms with Gasteiger partial charge in [-0.15, -0.1) is 0 Å². The summed E-state index contributed by atoms with van der Waals surface area (Å²) in [5, 5.41) is 18.3. The second-order valence-corrected chi connectivity index (χ2v) is 6.28. The smallest absolute Gasteiger partial charge is 0.104 e. The molecule has 20 heavy (non-hydrogen) atoms. The van der Waals surface area contributed by atoms with Gasteiger partial charge in [0.05, 0.1) is 39.6 Å². The molecule has 0 aromatic carbocycles. The minimum absolute atomic E-state index is 0.00543. The van der Waals surface area contributed by atoms with E-state index in [1.165, 1.54) is 19.3 Å². The first-order valence-electron chi connectivity index (χ1n) is 7.47. The van der Waals surface area contributed by atoms with Crippen LogP contribution in [-0.4, -0.2) is 73.6 Å². The Labute approximate surface area is 126 Å². The first-order chi connectivity index (χ1) is 9.86. The Morgan fingerprint density at radius 3 is 2.30 bits per heavy atom. The van der Waals surface area contributed by atoms with E-state index in [1.54, 1.807) is 0 Å². The summed E-state index contributed by atoms with van der Waals surface area (Å²) in [4.78, 5) is 0. The number of ether oxygens (including phenoxy) is 3. The summed E-state index contributed by atoms with van der Waals surface area (Å²) >= 11 is 2.06. The van der Waals surface area contributed by atoms with Gasteiger partial charge in [0.25, 0.3) is 0 Å². The van der Waals surface area contributed by atoms with Crippen LogP contribution in [0.5, 0.6) is 0 Å². The van der Waals surface area contributed by atoms with Crippen molar-refractivity contribution in [1.29, 1.82) is 0 Å². The molecule has 6 heteroatoms. The molecule has 0 saturated heterocycles. The lowest BCUT2D eigenvalue weighted by Crippen LogP contribution is -2.28. The molecule has 1 unspecified atom stereocenters. The zero-order valence-electron chi connectivity index (χ0n) is 12.2. The van der Waals surface area contributed by atoms with Crippen LogP contribution < -0.4 is 0 Å². The highest BCUT2D eigenvalue weighted by molar-refractivity contribution is 7.99. The molecule has 2 N–H and O–H groups in total. The molecule has 0 radical (unpaired) electrons. The Balaban J connectivity index is 1.94. The van der Waals surface area contributed by atoms with Crippen molar-refractivity contribution in [2.45, 2.75) is 37.0 Å². The van der Waals surface area contributed by atoms with Crippen molar-refractivity contribution < 1.29 is 24.4 Å². The molecule has 1 aliphatic rings. The molecular formula is C14H28O5S. The molecular weight excluding hydrogens is 280 g/mol. The largest absolute Gasteiger partial charge is 0.394 e. The molecule has 0 amide bonds. The maximum atomic E-state index is 8.76. The summed E-state index contributed by atoms with van der Waals surface area (Å²) < 4.78 is 16.2. The third-order valence-electron chi connectivity index (χ3n) is 3.13. The molecule has 0 aliphatic heterocycles. The molecule has 0 heterocycles. The number of rotatable bonds is 14. The van der Waals surface area contributed by atoms with E-state index in [1.807, 2.05) is 0 Å². The molecule has 1 aliphatic carbocycles. The quantitative estimate of drug-likeness (QED) is 0.468. The van der Waals surface area contributed by atoms with Gasteiger partial charge in [0.1, 0.15) is 6.10 Å². The monoisotopic (exact) mass is 308 g/mol. The molecule has 1 atom stereocenters. The second kappa shape index (κ2) is 12.9. The van der Waals surface area contributed by atoms with Gasteiger partial charge in [-0.05, 0) is 25.0 Å². The Bertz CT molecular complexity index is 214. The van der Waals surface area contributed by atoms with Crippen LogP contribution in [0.15, 0.2) is 0 Å². The van der Waals surface area contributed by atoms with Crippen molar-refractivity contribution >= 4 is 11.8 Å². The fraction of sp³-hybridized carbons (Fsp3) is 1.00. The molecule has 0 spiro atoms. The van der Waals surface area contributed by atoms with Crippen molar-refractivity contribution in [3.8, 4) is 0 Å². The lowest BCUT2D eigenvalue weighted by atomic mass is 10.0.